The standard InChI is InChI=1S/C11H16N2O2/c1-7-3-8(2)13-9(5-11(14)15)6-12-10(13)4-7/h6-8H,3-5H2,1-2H3,(H,14,15). The molecule has 2 heterocycles. The predicted molar refractivity (Wildman–Crippen MR) is 55.8 cm³/mol. The van der Waals surface area contributed by atoms with Gasteiger partial charge in [-0.3, -0.25) is 4.79 Å². The number of hydrogen-bond donors (Lipinski definition) is 1. The highest BCUT2D eigenvalue weighted by atomic mass is 16.4. The van der Waals surface area contributed by atoms with Crippen LogP contribution in [0.4, 0.5) is 0 Å². The molecule has 0 aliphatic carbocycles. The fraction of sp³-hybridized carbons (Fsp3) is 0.636. The van der Waals surface area contributed by atoms with Crippen molar-refractivity contribution in [1.29, 1.82) is 0 Å². The van der Waals surface area contributed by atoms with Crippen LogP contribution in [0.3, 0.4) is 0 Å². The summed E-state index contributed by atoms with van der Waals surface area (Å²) < 4.78 is 2.09. The highest BCUT2D eigenvalue weighted by Gasteiger charge is 2.24. The lowest BCUT2D eigenvalue weighted by atomic mass is 9.95. The third-order valence-electron chi connectivity index (χ3n) is 3.00. The van der Waals surface area contributed by atoms with Crippen LogP contribution in [-0.2, 0) is 17.6 Å². The number of carboxylic acid groups (broad SMARTS) is 1. The summed E-state index contributed by atoms with van der Waals surface area (Å²) in [5, 5.41) is 8.78. The number of hydrogen-bond acceptors (Lipinski definition) is 2. The van der Waals surface area contributed by atoms with E-state index in [1.807, 2.05) is 0 Å². The van der Waals surface area contributed by atoms with Gasteiger partial charge in [0.15, 0.2) is 0 Å². The van der Waals surface area contributed by atoms with Crippen LogP contribution < -0.4 is 0 Å². The van der Waals surface area contributed by atoms with E-state index in [0.717, 1.165) is 24.4 Å². The van der Waals surface area contributed by atoms with Crippen LogP contribution in [-0.4, -0.2) is 20.6 Å². The molecule has 1 aromatic heterocycles. The smallest absolute Gasteiger partial charge is 0.309 e. The van der Waals surface area contributed by atoms with E-state index in [1.54, 1.807) is 6.20 Å². The molecule has 4 nitrogen and oxygen atoms in total. The third kappa shape index (κ3) is 1.89. The van der Waals surface area contributed by atoms with Gasteiger partial charge in [-0.2, -0.15) is 0 Å². The number of rotatable bonds is 2. The van der Waals surface area contributed by atoms with Crippen molar-refractivity contribution >= 4 is 5.97 Å². The van der Waals surface area contributed by atoms with Gasteiger partial charge in [0.25, 0.3) is 0 Å². The Morgan fingerprint density at radius 2 is 2.40 bits per heavy atom. The number of nitrogens with zero attached hydrogens (tertiary/aromatic N) is 2. The molecule has 0 saturated carbocycles. The second kappa shape index (κ2) is 3.68. The van der Waals surface area contributed by atoms with Gasteiger partial charge in [-0.15, -0.1) is 0 Å². The normalized spacial score (nSPS) is 24.9. The van der Waals surface area contributed by atoms with Gasteiger partial charge in [0.1, 0.15) is 5.82 Å². The van der Waals surface area contributed by atoms with E-state index in [9.17, 15) is 4.79 Å². The van der Waals surface area contributed by atoms with Gasteiger partial charge in [-0.05, 0) is 19.3 Å². The molecule has 2 rings (SSSR count). The van der Waals surface area contributed by atoms with Crippen molar-refractivity contribution in [3.05, 3.63) is 17.7 Å². The summed E-state index contributed by atoms with van der Waals surface area (Å²) in [7, 11) is 0. The minimum Gasteiger partial charge on any atom is -0.481 e. The van der Waals surface area contributed by atoms with Gasteiger partial charge >= 0.3 is 5.97 Å². The van der Waals surface area contributed by atoms with Crippen LogP contribution in [0.2, 0.25) is 0 Å². The molecule has 1 aromatic rings. The average molecular weight is 208 g/mol. The van der Waals surface area contributed by atoms with Crippen molar-refractivity contribution < 1.29 is 9.90 Å². The maximum atomic E-state index is 10.7. The van der Waals surface area contributed by atoms with E-state index in [2.05, 4.69) is 23.4 Å². The summed E-state index contributed by atoms with van der Waals surface area (Å²) in [6.07, 6.45) is 3.85. The van der Waals surface area contributed by atoms with Crippen molar-refractivity contribution in [2.45, 2.75) is 39.2 Å². The summed E-state index contributed by atoms with van der Waals surface area (Å²) in [4.78, 5) is 15.0. The van der Waals surface area contributed by atoms with Crippen molar-refractivity contribution in [3.63, 3.8) is 0 Å². The average Bonchev–Trinajstić information content (AvgIpc) is 2.46. The minimum absolute atomic E-state index is 0.0751. The number of aromatic nitrogens is 2. The maximum Gasteiger partial charge on any atom is 0.309 e. The van der Waals surface area contributed by atoms with Gasteiger partial charge in [0.2, 0.25) is 0 Å². The maximum absolute atomic E-state index is 10.7. The molecule has 2 atom stereocenters. The molecule has 0 saturated heterocycles. The lowest BCUT2D eigenvalue weighted by Crippen LogP contribution is -2.23. The molecule has 0 bridgehead atoms. The van der Waals surface area contributed by atoms with E-state index in [1.165, 1.54) is 0 Å². The summed E-state index contributed by atoms with van der Waals surface area (Å²) in [5.74, 6) is 0.897. The minimum atomic E-state index is -0.788. The van der Waals surface area contributed by atoms with Crippen molar-refractivity contribution in [1.82, 2.24) is 9.55 Å². The topological polar surface area (TPSA) is 55.1 Å². The molecule has 0 aromatic carbocycles. The van der Waals surface area contributed by atoms with E-state index >= 15 is 0 Å². The summed E-state index contributed by atoms with van der Waals surface area (Å²) in [5.41, 5.74) is 0.830. The lowest BCUT2D eigenvalue weighted by Gasteiger charge is -2.27. The Kier molecular flexibility index (Phi) is 2.50. The van der Waals surface area contributed by atoms with Crippen molar-refractivity contribution in [3.8, 4) is 0 Å². The van der Waals surface area contributed by atoms with Gasteiger partial charge in [0.05, 0.1) is 6.42 Å². The second-order valence-corrected chi connectivity index (χ2v) is 4.50. The van der Waals surface area contributed by atoms with Gasteiger partial charge in [-0.25, -0.2) is 4.98 Å². The van der Waals surface area contributed by atoms with E-state index in [4.69, 9.17) is 5.11 Å². The number of carbonyl (C=O) groups is 1. The van der Waals surface area contributed by atoms with Crippen LogP contribution in [0.15, 0.2) is 6.20 Å². The SMILES string of the molecule is CC1Cc2ncc(CC(=O)O)n2C(C)C1. The third-order valence-corrected chi connectivity index (χ3v) is 3.00. The van der Waals surface area contributed by atoms with E-state index in [-0.39, 0.29) is 6.42 Å². The predicted octanol–water partition coefficient (Wildman–Crippen LogP) is 1.65. The van der Waals surface area contributed by atoms with Crippen LogP contribution in [0, 0.1) is 5.92 Å². The molecule has 15 heavy (non-hydrogen) atoms. The number of carboxylic acids is 1. The molecule has 0 spiro atoms. The molecule has 82 valence electrons. The molecule has 0 amide bonds. The molecular formula is C11H16N2O2. The first-order valence-corrected chi connectivity index (χ1v) is 5.34. The summed E-state index contributed by atoms with van der Waals surface area (Å²) in [6, 6.07) is 0.376. The lowest BCUT2D eigenvalue weighted by molar-refractivity contribution is -0.136. The van der Waals surface area contributed by atoms with Crippen LogP contribution in [0.1, 0.15) is 37.8 Å². The Morgan fingerprint density at radius 1 is 1.67 bits per heavy atom. The first kappa shape index (κ1) is 10.2. The fourth-order valence-corrected chi connectivity index (χ4v) is 2.50. The van der Waals surface area contributed by atoms with Crippen LogP contribution >= 0.6 is 0 Å². The van der Waals surface area contributed by atoms with E-state index < -0.39 is 5.97 Å². The number of aliphatic carboxylic acids is 1. The molecule has 1 N–H and O–H groups in total. The van der Waals surface area contributed by atoms with Gasteiger partial charge < -0.3 is 9.67 Å². The second-order valence-electron chi connectivity index (χ2n) is 4.50. The summed E-state index contributed by atoms with van der Waals surface area (Å²) in [6.45, 7) is 4.34. The molecule has 0 radical (unpaired) electrons. The van der Waals surface area contributed by atoms with Crippen LogP contribution in [0.25, 0.3) is 0 Å². The number of imidazole rings is 1. The zero-order chi connectivity index (χ0) is 11.0. The molecule has 2 unspecified atom stereocenters. The largest absolute Gasteiger partial charge is 0.481 e. The quantitative estimate of drug-likeness (QED) is 0.804. The first-order valence-electron chi connectivity index (χ1n) is 5.34. The zero-order valence-corrected chi connectivity index (χ0v) is 9.10. The monoisotopic (exact) mass is 208 g/mol. The Hall–Kier alpha value is -1.32. The highest BCUT2D eigenvalue weighted by Crippen LogP contribution is 2.29. The molecule has 0 fully saturated rings. The van der Waals surface area contributed by atoms with Crippen LogP contribution in [0.5, 0.6) is 0 Å². The number of fused-ring (bicyclic) bond motifs is 1. The Bertz CT molecular complexity index is 384. The van der Waals surface area contributed by atoms with E-state index in [0.29, 0.717) is 12.0 Å². The molecule has 1 aliphatic rings. The van der Waals surface area contributed by atoms with Crippen molar-refractivity contribution in [2.24, 2.45) is 5.92 Å². The fourth-order valence-electron chi connectivity index (χ4n) is 2.50. The molecule has 4 heteroatoms. The Balaban J connectivity index is 2.33. The molecule has 1 aliphatic heterocycles. The zero-order valence-electron chi connectivity index (χ0n) is 9.10. The van der Waals surface area contributed by atoms with Crippen molar-refractivity contribution in [2.75, 3.05) is 0 Å². The summed E-state index contributed by atoms with van der Waals surface area (Å²) >= 11 is 0. The van der Waals surface area contributed by atoms with Gasteiger partial charge in [-0.1, -0.05) is 6.92 Å². The first-order chi connectivity index (χ1) is 7.08. The Labute approximate surface area is 88.9 Å². The van der Waals surface area contributed by atoms with Gasteiger partial charge in [0, 0.05) is 24.4 Å². The molecular weight excluding hydrogens is 192 g/mol. The highest BCUT2D eigenvalue weighted by molar-refractivity contribution is 5.69. The Morgan fingerprint density at radius 3 is 3.07 bits per heavy atom.